The molecule has 3 aliphatic rings. The molecule has 140 valence electrons. The molecule has 2 saturated heterocycles. The molecule has 26 heavy (non-hydrogen) atoms. The van der Waals surface area contributed by atoms with Crippen LogP contribution >= 0.6 is 0 Å². The molecular weight excluding hydrogens is 326 g/mol. The first-order valence-corrected chi connectivity index (χ1v) is 9.81. The predicted molar refractivity (Wildman–Crippen MR) is 101 cm³/mol. The fourth-order valence-corrected chi connectivity index (χ4v) is 4.68. The van der Waals surface area contributed by atoms with Crippen LogP contribution in [-0.2, 0) is 4.79 Å². The second-order valence-corrected chi connectivity index (χ2v) is 8.53. The van der Waals surface area contributed by atoms with Crippen molar-refractivity contribution in [1.82, 2.24) is 14.7 Å². The third-order valence-corrected chi connectivity index (χ3v) is 6.39. The maximum atomic E-state index is 13.1. The van der Waals surface area contributed by atoms with Crippen LogP contribution in [0.5, 0.6) is 0 Å². The van der Waals surface area contributed by atoms with E-state index in [9.17, 15) is 9.59 Å². The third-order valence-electron chi connectivity index (χ3n) is 6.39. The minimum Gasteiger partial charge on any atom is -0.339 e. The van der Waals surface area contributed by atoms with E-state index in [1.54, 1.807) is 4.90 Å². The summed E-state index contributed by atoms with van der Waals surface area (Å²) in [5.41, 5.74) is 1.30. The smallest absolute Gasteiger partial charge is 0.319 e. The van der Waals surface area contributed by atoms with Crippen LogP contribution in [0, 0.1) is 5.41 Å². The van der Waals surface area contributed by atoms with Gasteiger partial charge in [0.1, 0.15) is 0 Å². The molecule has 3 fully saturated rings. The van der Waals surface area contributed by atoms with Gasteiger partial charge in [0.05, 0.1) is 5.92 Å². The molecule has 1 saturated carbocycles. The number of nitrogens with zero attached hydrogens (tertiary/aromatic N) is 3. The number of rotatable bonds is 2. The number of likely N-dealkylation sites (tertiary alicyclic amines) is 2. The quantitative estimate of drug-likeness (QED) is 0.819. The van der Waals surface area contributed by atoms with Crippen LogP contribution in [-0.4, -0.2) is 66.4 Å². The molecule has 0 unspecified atom stereocenters. The maximum absolute atomic E-state index is 13.1. The lowest BCUT2D eigenvalue weighted by atomic mass is 9.67. The van der Waals surface area contributed by atoms with E-state index < -0.39 is 0 Å². The maximum Gasteiger partial charge on any atom is 0.319 e. The standard InChI is InChI=1S/C21H29N3O2/c1-22(2)20(26)23-12-10-21(11-13-23)14-18(16-6-4-3-5-7-16)19(25)24(15-21)17-8-9-17/h3-7,17-18H,8-15H2,1-2H3/t18-/m0/s1. The molecule has 0 radical (unpaired) electrons. The molecule has 0 aromatic heterocycles. The van der Waals surface area contributed by atoms with Crippen LogP contribution in [0.4, 0.5) is 4.79 Å². The van der Waals surface area contributed by atoms with Crippen LogP contribution in [0.25, 0.3) is 0 Å². The highest BCUT2D eigenvalue weighted by molar-refractivity contribution is 5.85. The number of benzene rings is 1. The van der Waals surface area contributed by atoms with Gasteiger partial charge in [0.2, 0.25) is 5.91 Å². The molecule has 0 bridgehead atoms. The first-order chi connectivity index (χ1) is 12.5. The molecule has 1 spiro atoms. The summed E-state index contributed by atoms with van der Waals surface area (Å²) in [6.07, 6.45) is 5.20. The van der Waals surface area contributed by atoms with Crippen molar-refractivity contribution >= 4 is 11.9 Å². The van der Waals surface area contributed by atoms with Gasteiger partial charge in [0.15, 0.2) is 0 Å². The van der Waals surface area contributed by atoms with Gasteiger partial charge in [0.25, 0.3) is 0 Å². The molecule has 1 aromatic rings. The number of amides is 3. The third kappa shape index (κ3) is 3.19. The molecular formula is C21H29N3O2. The average Bonchev–Trinajstić information content (AvgIpc) is 3.49. The molecule has 2 heterocycles. The Kier molecular flexibility index (Phi) is 4.41. The van der Waals surface area contributed by atoms with Gasteiger partial charge in [-0.25, -0.2) is 4.79 Å². The van der Waals surface area contributed by atoms with Crippen LogP contribution < -0.4 is 0 Å². The van der Waals surface area contributed by atoms with E-state index in [1.165, 1.54) is 0 Å². The number of hydrogen-bond acceptors (Lipinski definition) is 2. The summed E-state index contributed by atoms with van der Waals surface area (Å²) < 4.78 is 0. The molecule has 3 amide bonds. The van der Waals surface area contributed by atoms with E-state index in [2.05, 4.69) is 17.0 Å². The second kappa shape index (κ2) is 6.60. The molecule has 1 aliphatic carbocycles. The molecule has 1 atom stereocenters. The lowest BCUT2D eigenvalue weighted by Crippen LogP contribution is -2.56. The van der Waals surface area contributed by atoms with Gasteiger partial charge in [-0.2, -0.15) is 0 Å². The predicted octanol–water partition coefficient (Wildman–Crippen LogP) is 2.93. The number of carbonyl (C=O) groups is 2. The van der Waals surface area contributed by atoms with Gasteiger partial charge in [-0.1, -0.05) is 30.3 Å². The molecule has 0 N–H and O–H groups in total. The Morgan fingerprint density at radius 2 is 1.77 bits per heavy atom. The lowest BCUT2D eigenvalue weighted by molar-refractivity contribution is -0.142. The number of carbonyl (C=O) groups excluding carboxylic acids is 2. The fourth-order valence-electron chi connectivity index (χ4n) is 4.68. The van der Waals surface area contributed by atoms with Gasteiger partial charge in [-0.05, 0) is 43.1 Å². The Hall–Kier alpha value is -2.04. The highest BCUT2D eigenvalue weighted by atomic mass is 16.2. The van der Waals surface area contributed by atoms with Crippen molar-refractivity contribution < 1.29 is 9.59 Å². The van der Waals surface area contributed by atoms with E-state index in [1.807, 2.05) is 37.2 Å². The summed E-state index contributed by atoms with van der Waals surface area (Å²) in [6, 6.07) is 10.8. The largest absolute Gasteiger partial charge is 0.339 e. The molecule has 5 heteroatoms. The first-order valence-electron chi connectivity index (χ1n) is 9.81. The normalized spacial score (nSPS) is 25.5. The lowest BCUT2D eigenvalue weighted by Gasteiger charge is -2.50. The molecule has 1 aromatic carbocycles. The monoisotopic (exact) mass is 355 g/mol. The van der Waals surface area contributed by atoms with E-state index in [4.69, 9.17) is 0 Å². The van der Waals surface area contributed by atoms with Gasteiger partial charge < -0.3 is 14.7 Å². The van der Waals surface area contributed by atoms with Crippen molar-refractivity contribution in [3.63, 3.8) is 0 Å². The van der Waals surface area contributed by atoms with Crippen molar-refractivity contribution in [2.24, 2.45) is 5.41 Å². The van der Waals surface area contributed by atoms with Gasteiger partial charge in [-0.15, -0.1) is 0 Å². The van der Waals surface area contributed by atoms with Crippen LogP contribution in [0.15, 0.2) is 30.3 Å². The van der Waals surface area contributed by atoms with Crippen LogP contribution in [0.2, 0.25) is 0 Å². The molecule has 5 nitrogen and oxygen atoms in total. The average molecular weight is 355 g/mol. The van der Waals surface area contributed by atoms with Gasteiger partial charge >= 0.3 is 6.03 Å². The highest BCUT2D eigenvalue weighted by Crippen LogP contribution is 2.48. The number of hydrogen-bond donors (Lipinski definition) is 0. The Morgan fingerprint density at radius 1 is 1.12 bits per heavy atom. The van der Waals surface area contributed by atoms with Crippen molar-refractivity contribution in [3.05, 3.63) is 35.9 Å². The van der Waals surface area contributed by atoms with E-state index in [0.29, 0.717) is 11.9 Å². The summed E-state index contributed by atoms with van der Waals surface area (Å²) >= 11 is 0. The molecule has 2 aliphatic heterocycles. The zero-order valence-electron chi connectivity index (χ0n) is 15.9. The zero-order chi connectivity index (χ0) is 18.3. The Labute approximate surface area is 155 Å². The number of piperidine rings is 2. The van der Waals surface area contributed by atoms with E-state index in [-0.39, 0.29) is 17.4 Å². The Morgan fingerprint density at radius 3 is 2.35 bits per heavy atom. The Bertz CT molecular complexity index is 676. The van der Waals surface area contributed by atoms with Gasteiger partial charge in [-0.3, -0.25) is 4.79 Å². The minimum absolute atomic E-state index is 0.0262. The van der Waals surface area contributed by atoms with Crippen molar-refractivity contribution in [3.8, 4) is 0 Å². The van der Waals surface area contributed by atoms with E-state index in [0.717, 1.165) is 57.3 Å². The van der Waals surface area contributed by atoms with Crippen molar-refractivity contribution in [2.75, 3.05) is 33.7 Å². The van der Waals surface area contributed by atoms with Crippen molar-refractivity contribution in [2.45, 2.75) is 44.1 Å². The minimum atomic E-state index is -0.0262. The SMILES string of the molecule is CN(C)C(=O)N1CCC2(CC1)C[C@@H](c1ccccc1)C(=O)N(C1CC1)C2. The van der Waals surface area contributed by atoms with Crippen molar-refractivity contribution in [1.29, 1.82) is 0 Å². The summed E-state index contributed by atoms with van der Waals surface area (Å²) in [6.45, 7) is 2.47. The Balaban J connectivity index is 1.55. The summed E-state index contributed by atoms with van der Waals surface area (Å²) in [4.78, 5) is 31.2. The first kappa shape index (κ1) is 17.4. The van der Waals surface area contributed by atoms with Crippen LogP contribution in [0.3, 0.4) is 0 Å². The highest BCUT2D eigenvalue weighted by Gasteiger charge is 2.49. The second-order valence-electron chi connectivity index (χ2n) is 8.53. The summed E-state index contributed by atoms with van der Waals surface area (Å²) in [5.74, 6) is 0.290. The van der Waals surface area contributed by atoms with Gasteiger partial charge in [0, 0.05) is 39.8 Å². The zero-order valence-corrected chi connectivity index (χ0v) is 15.9. The summed E-state index contributed by atoms with van der Waals surface area (Å²) in [5, 5.41) is 0. The fraction of sp³-hybridized carbons (Fsp3) is 0.619. The summed E-state index contributed by atoms with van der Waals surface area (Å²) in [7, 11) is 3.62. The van der Waals surface area contributed by atoms with Crippen LogP contribution in [0.1, 0.15) is 43.6 Å². The molecule has 4 rings (SSSR count). The van der Waals surface area contributed by atoms with E-state index >= 15 is 0 Å². The number of urea groups is 1. The topological polar surface area (TPSA) is 43.9 Å².